The number of benzene rings is 2. The molecule has 3 rings (SSSR count). The van der Waals surface area contributed by atoms with E-state index in [1.54, 1.807) is 32.0 Å². The van der Waals surface area contributed by atoms with Crippen molar-refractivity contribution in [3.8, 4) is 11.5 Å². The standard InChI is InChI=1S/C19H18ClN3O6/c1-10(2)17(19(25)21-12-4-6-15-16(8-12)29-9-28-15)22-18(24)11-3-5-13(20)14(7-11)23(26)27/h3-8,10,17H,9H2,1-2H3,(H,21,25)(H,22,24)/t17-/m1/s1. The molecule has 0 fully saturated rings. The largest absolute Gasteiger partial charge is 0.454 e. The number of amides is 2. The molecule has 0 aromatic heterocycles. The average molecular weight is 420 g/mol. The van der Waals surface area contributed by atoms with E-state index in [-0.39, 0.29) is 29.0 Å². The van der Waals surface area contributed by atoms with Crippen molar-refractivity contribution in [2.75, 3.05) is 12.1 Å². The first-order valence-corrected chi connectivity index (χ1v) is 9.09. The Balaban J connectivity index is 1.74. The van der Waals surface area contributed by atoms with Crippen molar-refractivity contribution >= 4 is 34.8 Å². The lowest BCUT2D eigenvalue weighted by molar-refractivity contribution is -0.384. The van der Waals surface area contributed by atoms with Gasteiger partial charge in [-0.05, 0) is 30.2 Å². The molecule has 1 aliphatic rings. The Morgan fingerprint density at radius 1 is 1.14 bits per heavy atom. The Bertz CT molecular complexity index is 978. The van der Waals surface area contributed by atoms with Crippen LogP contribution in [0, 0.1) is 16.0 Å². The smallest absolute Gasteiger partial charge is 0.288 e. The van der Waals surface area contributed by atoms with Gasteiger partial charge in [-0.15, -0.1) is 0 Å². The molecule has 2 aromatic rings. The van der Waals surface area contributed by atoms with Crippen molar-refractivity contribution in [2.24, 2.45) is 5.92 Å². The highest BCUT2D eigenvalue weighted by Crippen LogP contribution is 2.34. The molecule has 0 spiro atoms. The lowest BCUT2D eigenvalue weighted by atomic mass is 10.0. The molecule has 0 bridgehead atoms. The Morgan fingerprint density at radius 2 is 1.86 bits per heavy atom. The van der Waals surface area contributed by atoms with Crippen LogP contribution in [-0.4, -0.2) is 29.6 Å². The molecule has 29 heavy (non-hydrogen) atoms. The van der Waals surface area contributed by atoms with Crippen LogP contribution >= 0.6 is 11.6 Å². The van der Waals surface area contributed by atoms with Gasteiger partial charge in [0.25, 0.3) is 11.6 Å². The van der Waals surface area contributed by atoms with Crippen LogP contribution in [0.3, 0.4) is 0 Å². The predicted octanol–water partition coefficient (Wildman–Crippen LogP) is 3.37. The lowest BCUT2D eigenvalue weighted by Crippen LogP contribution is -2.47. The molecular weight excluding hydrogens is 402 g/mol. The highest BCUT2D eigenvalue weighted by Gasteiger charge is 2.26. The zero-order valence-corrected chi connectivity index (χ0v) is 16.4. The zero-order valence-electron chi connectivity index (χ0n) is 15.6. The van der Waals surface area contributed by atoms with Crippen molar-refractivity contribution in [3.05, 3.63) is 57.1 Å². The maximum atomic E-state index is 12.7. The Kier molecular flexibility index (Phi) is 5.88. The number of hydrogen-bond donors (Lipinski definition) is 2. The molecule has 0 unspecified atom stereocenters. The number of hydrogen-bond acceptors (Lipinski definition) is 6. The first-order chi connectivity index (χ1) is 13.8. The number of ether oxygens (including phenoxy) is 2. The Labute approximate surface area is 171 Å². The van der Waals surface area contributed by atoms with E-state index in [4.69, 9.17) is 21.1 Å². The molecular formula is C19H18ClN3O6. The molecule has 1 aliphatic heterocycles. The van der Waals surface area contributed by atoms with E-state index in [0.717, 1.165) is 6.07 Å². The molecule has 0 aliphatic carbocycles. The molecule has 0 saturated carbocycles. The van der Waals surface area contributed by atoms with E-state index in [2.05, 4.69) is 10.6 Å². The van der Waals surface area contributed by atoms with Crippen molar-refractivity contribution in [1.29, 1.82) is 0 Å². The SMILES string of the molecule is CC(C)[C@@H](NC(=O)c1ccc(Cl)c([N+](=O)[O-])c1)C(=O)Nc1ccc2c(c1)OCO2. The van der Waals surface area contributed by atoms with Crippen molar-refractivity contribution in [2.45, 2.75) is 19.9 Å². The fourth-order valence-corrected chi connectivity index (χ4v) is 2.93. The summed E-state index contributed by atoms with van der Waals surface area (Å²) in [4.78, 5) is 35.6. The third-order valence-electron chi connectivity index (χ3n) is 4.28. The minimum absolute atomic E-state index is 0.0302. The first-order valence-electron chi connectivity index (χ1n) is 8.71. The molecule has 2 aromatic carbocycles. The van der Waals surface area contributed by atoms with Crippen LogP contribution in [0.25, 0.3) is 0 Å². The summed E-state index contributed by atoms with van der Waals surface area (Å²) in [6.45, 7) is 3.66. The summed E-state index contributed by atoms with van der Waals surface area (Å²) in [5.74, 6) is -0.197. The summed E-state index contributed by atoms with van der Waals surface area (Å²) in [6, 6.07) is 7.79. The van der Waals surface area contributed by atoms with Crippen molar-refractivity contribution in [3.63, 3.8) is 0 Å². The highest BCUT2D eigenvalue weighted by molar-refractivity contribution is 6.32. The minimum atomic E-state index is -0.873. The van der Waals surface area contributed by atoms with E-state index in [9.17, 15) is 19.7 Å². The number of nitro groups is 1. The average Bonchev–Trinajstić information content (AvgIpc) is 3.13. The number of nitrogens with zero attached hydrogens (tertiary/aromatic N) is 1. The van der Waals surface area contributed by atoms with Gasteiger partial charge in [-0.3, -0.25) is 19.7 Å². The van der Waals surface area contributed by atoms with Gasteiger partial charge < -0.3 is 20.1 Å². The van der Waals surface area contributed by atoms with E-state index < -0.39 is 22.8 Å². The summed E-state index contributed by atoms with van der Waals surface area (Å²) >= 11 is 5.78. The molecule has 9 nitrogen and oxygen atoms in total. The van der Waals surface area contributed by atoms with Gasteiger partial charge >= 0.3 is 0 Å². The Morgan fingerprint density at radius 3 is 2.55 bits per heavy atom. The summed E-state index contributed by atoms with van der Waals surface area (Å²) in [5.41, 5.74) is 0.133. The summed E-state index contributed by atoms with van der Waals surface area (Å²) in [6.07, 6.45) is 0. The number of nitro benzene ring substituents is 1. The Hall–Kier alpha value is -3.33. The predicted molar refractivity (Wildman–Crippen MR) is 105 cm³/mol. The van der Waals surface area contributed by atoms with Crippen LogP contribution < -0.4 is 20.1 Å². The number of halogens is 1. The van der Waals surface area contributed by atoms with Gasteiger partial charge in [0.2, 0.25) is 12.7 Å². The lowest BCUT2D eigenvalue weighted by Gasteiger charge is -2.22. The summed E-state index contributed by atoms with van der Waals surface area (Å²) in [5, 5.41) is 16.3. The molecule has 10 heteroatoms. The third-order valence-corrected chi connectivity index (χ3v) is 4.60. The first kappa shape index (κ1) is 20.4. The van der Waals surface area contributed by atoms with Gasteiger partial charge in [0.05, 0.1) is 4.92 Å². The molecule has 1 atom stereocenters. The van der Waals surface area contributed by atoms with Crippen molar-refractivity contribution < 1.29 is 24.0 Å². The maximum Gasteiger partial charge on any atom is 0.288 e. The van der Waals surface area contributed by atoms with Gasteiger partial charge in [-0.25, -0.2) is 0 Å². The van der Waals surface area contributed by atoms with Crippen LogP contribution in [0.5, 0.6) is 11.5 Å². The van der Waals surface area contributed by atoms with Crippen LogP contribution in [0.4, 0.5) is 11.4 Å². The molecule has 0 saturated heterocycles. The topological polar surface area (TPSA) is 120 Å². The quantitative estimate of drug-likeness (QED) is 0.547. The highest BCUT2D eigenvalue weighted by atomic mass is 35.5. The van der Waals surface area contributed by atoms with Crippen LogP contribution in [-0.2, 0) is 4.79 Å². The third kappa shape index (κ3) is 4.57. The van der Waals surface area contributed by atoms with E-state index in [1.807, 2.05) is 0 Å². The fraction of sp³-hybridized carbons (Fsp3) is 0.263. The second kappa shape index (κ2) is 8.36. The summed E-state index contributed by atoms with van der Waals surface area (Å²) < 4.78 is 10.5. The summed E-state index contributed by atoms with van der Waals surface area (Å²) in [7, 11) is 0. The number of carbonyl (C=O) groups is 2. The van der Waals surface area contributed by atoms with E-state index >= 15 is 0 Å². The van der Waals surface area contributed by atoms with Crippen LogP contribution in [0.2, 0.25) is 5.02 Å². The molecule has 2 amide bonds. The maximum absolute atomic E-state index is 12.7. The van der Waals surface area contributed by atoms with Gasteiger partial charge in [0, 0.05) is 23.4 Å². The van der Waals surface area contributed by atoms with Gasteiger partial charge in [-0.2, -0.15) is 0 Å². The molecule has 0 radical (unpaired) electrons. The van der Waals surface area contributed by atoms with Gasteiger partial charge in [0.15, 0.2) is 11.5 Å². The van der Waals surface area contributed by atoms with Crippen LogP contribution in [0.15, 0.2) is 36.4 Å². The second-order valence-electron chi connectivity index (χ2n) is 6.68. The molecule has 152 valence electrons. The zero-order chi connectivity index (χ0) is 21.1. The molecule has 2 N–H and O–H groups in total. The number of fused-ring (bicyclic) bond motifs is 1. The number of nitrogens with one attached hydrogen (secondary N) is 2. The van der Waals surface area contributed by atoms with E-state index in [1.165, 1.54) is 12.1 Å². The van der Waals surface area contributed by atoms with E-state index in [0.29, 0.717) is 17.2 Å². The van der Waals surface area contributed by atoms with Gasteiger partial charge in [0.1, 0.15) is 11.1 Å². The van der Waals surface area contributed by atoms with Crippen molar-refractivity contribution in [1.82, 2.24) is 5.32 Å². The number of carbonyl (C=O) groups excluding carboxylic acids is 2. The number of rotatable bonds is 6. The minimum Gasteiger partial charge on any atom is -0.454 e. The monoisotopic (exact) mass is 419 g/mol. The second-order valence-corrected chi connectivity index (χ2v) is 7.08. The fourth-order valence-electron chi connectivity index (χ4n) is 2.75. The normalized spacial score (nSPS) is 13.1. The number of anilines is 1. The van der Waals surface area contributed by atoms with Crippen LogP contribution in [0.1, 0.15) is 24.2 Å². The molecule has 1 heterocycles. The van der Waals surface area contributed by atoms with Gasteiger partial charge in [-0.1, -0.05) is 25.4 Å².